The van der Waals surface area contributed by atoms with E-state index in [2.05, 4.69) is 11.1 Å². The Hall–Kier alpha value is -3.40. The number of nitrogens with zero attached hydrogens (tertiary/aromatic N) is 3. The Morgan fingerprint density at radius 3 is 2.70 bits per heavy atom. The number of rotatable bonds is 3. The third-order valence-corrected chi connectivity index (χ3v) is 4.92. The Labute approximate surface area is 156 Å². The van der Waals surface area contributed by atoms with Gasteiger partial charge in [0.05, 0.1) is 24.7 Å². The van der Waals surface area contributed by atoms with Crippen LogP contribution in [0.1, 0.15) is 29.5 Å². The molecular formula is C20H19FN4O2. The van der Waals surface area contributed by atoms with Crippen molar-refractivity contribution in [1.82, 2.24) is 4.90 Å². The van der Waals surface area contributed by atoms with Gasteiger partial charge in [0.2, 0.25) is 5.91 Å². The van der Waals surface area contributed by atoms with Gasteiger partial charge in [0.25, 0.3) is 0 Å². The van der Waals surface area contributed by atoms with Crippen LogP contribution in [0, 0.1) is 17.1 Å². The van der Waals surface area contributed by atoms with E-state index in [1.54, 1.807) is 37.3 Å². The monoisotopic (exact) mass is 366 g/mol. The first-order valence-corrected chi connectivity index (χ1v) is 8.28. The molecule has 0 fully saturated rings. The van der Waals surface area contributed by atoms with Crippen molar-refractivity contribution in [3.8, 4) is 11.8 Å². The molecule has 0 bridgehead atoms. The van der Waals surface area contributed by atoms with Crippen molar-refractivity contribution in [2.45, 2.75) is 18.4 Å². The molecule has 2 N–H and O–H groups in total. The molecule has 27 heavy (non-hydrogen) atoms. The van der Waals surface area contributed by atoms with Gasteiger partial charge >= 0.3 is 0 Å². The van der Waals surface area contributed by atoms with E-state index in [0.29, 0.717) is 16.7 Å². The summed E-state index contributed by atoms with van der Waals surface area (Å²) in [5.41, 5.74) is 6.40. The Kier molecular flexibility index (Phi) is 4.58. The molecule has 138 valence electrons. The van der Waals surface area contributed by atoms with Crippen molar-refractivity contribution in [3.05, 3.63) is 65.0 Å². The minimum Gasteiger partial charge on any atom is -0.494 e. The number of carbonyl (C=O) groups is 1. The predicted molar refractivity (Wildman–Crippen MR) is 98.6 cm³/mol. The predicted octanol–water partition coefficient (Wildman–Crippen LogP) is 2.49. The summed E-state index contributed by atoms with van der Waals surface area (Å²) < 4.78 is 19.3. The maximum Gasteiger partial charge on any atom is 0.239 e. The molecule has 0 aromatic heterocycles. The molecule has 2 aromatic carbocycles. The molecule has 7 heteroatoms. The lowest BCUT2D eigenvalue weighted by Crippen LogP contribution is -2.52. The molecule has 1 amide bonds. The molecule has 3 rings (SSSR count). The number of benzene rings is 2. The van der Waals surface area contributed by atoms with Gasteiger partial charge < -0.3 is 10.5 Å². The van der Waals surface area contributed by atoms with Crippen LogP contribution in [0.3, 0.4) is 0 Å². The van der Waals surface area contributed by atoms with Gasteiger partial charge in [-0.15, -0.1) is 0 Å². The first-order chi connectivity index (χ1) is 12.8. The second-order valence-electron chi connectivity index (χ2n) is 6.53. The average Bonchev–Trinajstić information content (AvgIpc) is 2.66. The molecule has 1 heterocycles. The number of amides is 1. The van der Waals surface area contributed by atoms with E-state index >= 15 is 0 Å². The molecule has 2 atom stereocenters. The Bertz CT molecular complexity index is 982. The molecule has 2 aromatic rings. The zero-order valence-corrected chi connectivity index (χ0v) is 15.2. The van der Waals surface area contributed by atoms with Gasteiger partial charge in [0, 0.05) is 7.05 Å². The highest BCUT2D eigenvalue weighted by Gasteiger charge is 2.47. The van der Waals surface area contributed by atoms with Crippen LogP contribution in [-0.2, 0) is 10.3 Å². The SMILES string of the molecule is COc1ccc([C@H]2C(=O)N(C)C(N)=NC2(C)c2cccc(C#N)c2)cc1F. The van der Waals surface area contributed by atoms with Gasteiger partial charge in [-0.05, 0) is 42.3 Å². The second kappa shape index (κ2) is 6.72. The summed E-state index contributed by atoms with van der Waals surface area (Å²) in [7, 11) is 2.90. The Morgan fingerprint density at radius 2 is 2.07 bits per heavy atom. The minimum absolute atomic E-state index is 0.0649. The second-order valence-corrected chi connectivity index (χ2v) is 6.53. The molecule has 1 unspecified atom stereocenters. The van der Waals surface area contributed by atoms with Crippen molar-refractivity contribution in [3.63, 3.8) is 0 Å². The third kappa shape index (κ3) is 2.99. The number of hydrogen-bond acceptors (Lipinski definition) is 5. The van der Waals surface area contributed by atoms with E-state index < -0.39 is 17.3 Å². The average molecular weight is 366 g/mol. The normalized spacial score (nSPS) is 22.2. The number of nitrogens with two attached hydrogens (primary N) is 1. The quantitative estimate of drug-likeness (QED) is 0.903. The van der Waals surface area contributed by atoms with Crippen LogP contribution < -0.4 is 10.5 Å². The van der Waals surface area contributed by atoms with Crippen LogP contribution in [0.15, 0.2) is 47.5 Å². The molecule has 0 spiro atoms. The summed E-state index contributed by atoms with van der Waals surface area (Å²) in [6, 6.07) is 13.3. The fourth-order valence-corrected chi connectivity index (χ4v) is 3.39. The van der Waals surface area contributed by atoms with Crippen LogP contribution >= 0.6 is 0 Å². The summed E-state index contributed by atoms with van der Waals surface area (Å²) in [6.45, 7) is 1.76. The van der Waals surface area contributed by atoms with Gasteiger partial charge in [0.1, 0.15) is 5.54 Å². The summed E-state index contributed by atoms with van der Waals surface area (Å²) >= 11 is 0. The number of likely N-dealkylation sites (N-methyl/N-ethyl adjacent to an activating group) is 1. The molecule has 0 saturated carbocycles. The van der Waals surface area contributed by atoms with Crippen LogP contribution in [0.5, 0.6) is 5.75 Å². The smallest absolute Gasteiger partial charge is 0.239 e. The Morgan fingerprint density at radius 1 is 1.33 bits per heavy atom. The lowest BCUT2D eigenvalue weighted by Gasteiger charge is -2.41. The van der Waals surface area contributed by atoms with Crippen LogP contribution in [0.25, 0.3) is 0 Å². The lowest BCUT2D eigenvalue weighted by molar-refractivity contribution is -0.130. The number of guanidine groups is 1. The molecule has 1 aliphatic heterocycles. The minimum atomic E-state index is -1.10. The maximum absolute atomic E-state index is 14.3. The van der Waals surface area contributed by atoms with Crippen molar-refractivity contribution in [1.29, 1.82) is 5.26 Å². The van der Waals surface area contributed by atoms with Gasteiger partial charge in [-0.25, -0.2) is 9.38 Å². The number of hydrogen-bond donors (Lipinski definition) is 1. The maximum atomic E-state index is 14.3. The summed E-state index contributed by atoms with van der Waals surface area (Å²) in [5.74, 6) is -1.54. The standard InChI is InChI=1S/C20H19FN4O2/c1-20(14-6-4-5-12(9-14)11-22)17(18(26)25(2)19(23)24-20)13-7-8-16(27-3)15(21)10-13/h4-10,17H,1-3H3,(H2,23,24)/t17-,20?/m0/s1. The highest BCUT2D eigenvalue weighted by atomic mass is 19.1. The Balaban J connectivity index is 2.23. The van der Waals surface area contributed by atoms with Crippen molar-refractivity contribution >= 4 is 11.9 Å². The van der Waals surface area contributed by atoms with Crippen LogP contribution in [-0.4, -0.2) is 30.9 Å². The zero-order valence-electron chi connectivity index (χ0n) is 15.2. The van der Waals surface area contributed by atoms with Gasteiger partial charge in [-0.3, -0.25) is 9.69 Å². The van der Waals surface area contributed by atoms with Crippen molar-refractivity contribution in [2.75, 3.05) is 14.2 Å². The summed E-state index contributed by atoms with van der Waals surface area (Å²) in [6.07, 6.45) is 0. The topological polar surface area (TPSA) is 91.7 Å². The molecule has 1 aliphatic rings. The summed E-state index contributed by atoms with van der Waals surface area (Å²) in [4.78, 5) is 18.9. The van der Waals surface area contributed by atoms with Gasteiger partial charge in [-0.2, -0.15) is 5.26 Å². The van der Waals surface area contributed by atoms with Crippen molar-refractivity contribution in [2.24, 2.45) is 10.7 Å². The first kappa shape index (κ1) is 18.4. The summed E-state index contributed by atoms with van der Waals surface area (Å²) in [5, 5.41) is 9.22. The number of ether oxygens (including phenoxy) is 1. The molecule has 0 aliphatic carbocycles. The van der Waals surface area contributed by atoms with Crippen LogP contribution in [0.2, 0.25) is 0 Å². The highest BCUT2D eigenvalue weighted by Crippen LogP contribution is 2.44. The van der Waals surface area contributed by atoms with E-state index in [0.717, 1.165) is 0 Å². The van der Waals surface area contributed by atoms with Gasteiger partial charge in [0.15, 0.2) is 17.5 Å². The largest absolute Gasteiger partial charge is 0.494 e. The number of halogens is 1. The van der Waals surface area contributed by atoms with Crippen molar-refractivity contribution < 1.29 is 13.9 Å². The third-order valence-electron chi connectivity index (χ3n) is 4.92. The highest BCUT2D eigenvalue weighted by molar-refractivity contribution is 6.02. The van der Waals surface area contributed by atoms with E-state index in [4.69, 9.17) is 10.5 Å². The molecule has 0 radical (unpaired) electrons. The fraction of sp³-hybridized carbons (Fsp3) is 0.250. The number of methoxy groups -OCH3 is 1. The van der Waals surface area contributed by atoms with E-state index in [-0.39, 0.29) is 17.6 Å². The van der Waals surface area contributed by atoms with Gasteiger partial charge in [-0.1, -0.05) is 18.2 Å². The molecule has 0 saturated heterocycles. The molecular weight excluding hydrogens is 347 g/mol. The fourth-order valence-electron chi connectivity index (χ4n) is 3.39. The lowest BCUT2D eigenvalue weighted by atomic mass is 9.74. The number of nitriles is 1. The first-order valence-electron chi connectivity index (χ1n) is 8.28. The molecule has 6 nitrogen and oxygen atoms in total. The van der Waals surface area contributed by atoms with Crippen LogP contribution in [0.4, 0.5) is 4.39 Å². The zero-order chi connectivity index (χ0) is 19.8. The van der Waals surface area contributed by atoms with E-state index in [1.807, 2.05) is 0 Å². The van der Waals surface area contributed by atoms with E-state index in [9.17, 15) is 14.4 Å². The van der Waals surface area contributed by atoms with E-state index in [1.165, 1.54) is 31.2 Å². The number of carbonyl (C=O) groups excluding carboxylic acids is 1. The number of aliphatic imine (C=N–C) groups is 1.